The van der Waals surface area contributed by atoms with Crippen LogP contribution < -0.4 is 10.6 Å². The molecular weight excluding hydrogens is 268 g/mol. The van der Waals surface area contributed by atoms with Gasteiger partial charge in [-0.3, -0.25) is 0 Å². The quantitative estimate of drug-likeness (QED) is 0.794. The number of aromatic nitrogens is 2. The number of fused-ring (bicyclic) bond motifs is 1. The number of nitrogens with zero attached hydrogens (tertiary/aromatic N) is 3. The van der Waals surface area contributed by atoms with Gasteiger partial charge in [0, 0.05) is 33.5 Å². The molecule has 0 radical (unpaired) electrons. The van der Waals surface area contributed by atoms with Gasteiger partial charge >= 0.3 is 0 Å². The molecule has 0 saturated heterocycles. The Morgan fingerprint density at radius 2 is 2.14 bits per heavy atom. The molecule has 0 fully saturated rings. The molecule has 0 aliphatic rings. The minimum Gasteiger partial charge on any atom is -0.383 e. The fourth-order valence-corrected chi connectivity index (χ4v) is 2.51. The van der Waals surface area contributed by atoms with Crippen LogP contribution in [0, 0.1) is 0 Å². The first kappa shape index (κ1) is 15.8. The van der Waals surface area contributed by atoms with Crippen LogP contribution in [0.5, 0.6) is 0 Å². The molecule has 2 heterocycles. The molecule has 2 N–H and O–H groups in total. The van der Waals surface area contributed by atoms with E-state index in [1.807, 2.05) is 28.8 Å². The van der Waals surface area contributed by atoms with Crippen molar-refractivity contribution in [2.24, 2.45) is 5.73 Å². The molecule has 1 atom stereocenters. The number of ether oxygens (including phenoxy) is 2. The number of anilines is 1. The van der Waals surface area contributed by atoms with Gasteiger partial charge in [0.25, 0.3) is 0 Å². The molecule has 116 valence electrons. The first-order chi connectivity index (χ1) is 10.2. The Kier molecular flexibility index (Phi) is 5.55. The highest BCUT2D eigenvalue weighted by Gasteiger charge is 2.21. The number of imidazole rings is 1. The summed E-state index contributed by atoms with van der Waals surface area (Å²) >= 11 is 0. The van der Waals surface area contributed by atoms with Crippen molar-refractivity contribution in [1.82, 2.24) is 9.38 Å². The topological polar surface area (TPSA) is 65.0 Å². The van der Waals surface area contributed by atoms with Gasteiger partial charge in [0.2, 0.25) is 0 Å². The van der Waals surface area contributed by atoms with E-state index in [0.717, 1.165) is 23.7 Å². The molecule has 2 rings (SSSR count). The number of hydrogen-bond acceptors (Lipinski definition) is 5. The first-order valence-corrected chi connectivity index (χ1v) is 7.13. The maximum Gasteiger partial charge on any atom is 0.152 e. The predicted molar refractivity (Wildman–Crippen MR) is 83.6 cm³/mol. The number of nitrogens with two attached hydrogens (primary N) is 1. The van der Waals surface area contributed by atoms with Crippen LogP contribution in [0.25, 0.3) is 5.65 Å². The molecule has 0 bridgehead atoms. The second-order valence-electron chi connectivity index (χ2n) is 5.01. The third-order valence-corrected chi connectivity index (χ3v) is 3.55. The SMILES string of the molecule is COCCN(c1nc2ccccn2c1CN)C(C)COC. The number of hydrogen-bond donors (Lipinski definition) is 1. The van der Waals surface area contributed by atoms with Gasteiger partial charge in [0.05, 0.1) is 24.9 Å². The largest absolute Gasteiger partial charge is 0.383 e. The van der Waals surface area contributed by atoms with Crippen molar-refractivity contribution in [3.63, 3.8) is 0 Å². The van der Waals surface area contributed by atoms with Gasteiger partial charge in [-0.05, 0) is 19.1 Å². The summed E-state index contributed by atoms with van der Waals surface area (Å²) in [7, 11) is 3.41. The Hall–Kier alpha value is -1.63. The Morgan fingerprint density at radius 1 is 1.33 bits per heavy atom. The summed E-state index contributed by atoms with van der Waals surface area (Å²) in [6, 6.07) is 6.14. The summed E-state index contributed by atoms with van der Waals surface area (Å²) in [5, 5.41) is 0. The van der Waals surface area contributed by atoms with Gasteiger partial charge in [0.1, 0.15) is 5.65 Å². The fraction of sp³-hybridized carbons (Fsp3) is 0.533. The fourth-order valence-electron chi connectivity index (χ4n) is 2.51. The van der Waals surface area contributed by atoms with Crippen LogP contribution in [0.1, 0.15) is 12.6 Å². The highest BCUT2D eigenvalue weighted by Crippen LogP contribution is 2.23. The van der Waals surface area contributed by atoms with Crippen molar-refractivity contribution >= 4 is 11.5 Å². The lowest BCUT2D eigenvalue weighted by atomic mass is 10.2. The average molecular weight is 292 g/mol. The Bertz CT molecular complexity index is 570. The van der Waals surface area contributed by atoms with Crippen molar-refractivity contribution in [3.05, 3.63) is 30.1 Å². The van der Waals surface area contributed by atoms with Gasteiger partial charge in [-0.2, -0.15) is 0 Å². The smallest absolute Gasteiger partial charge is 0.152 e. The third-order valence-electron chi connectivity index (χ3n) is 3.55. The van der Waals surface area contributed by atoms with E-state index in [9.17, 15) is 0 Å². The van der Waals surface area contributed by atoms with Crippen molar-refractivity contribution in [3.8, 4) is 0 Å². The van der Waals surface area contributed by atoms with Gasteiger partial charge in [0.15, 0.2) is 5.82 Å². The Balaban J connectivity index is 2.42. The minimum atomic E-state index is 0.195. The van der Waals surface area contributed by atoms with E-state index in [2.05, 4.69) is 11.8 Å². The van der Waals surface area contributed by atoms with Gasteiger partial charge in [-0.25, -0.2) is 4.98 Å². The van der Waals surface area contributed by atoms with Crippen LogP contribution in [0.3, 0.4) is 0 Å². The van der Waals surface area contributed by atoms with Crippen LogP contribution in [0.2, 0.25) is 0 Å². The summed E-state index contributed by atoms with van der Waals surface area (Å²) in [4.78, 5) is 6.93. The van der Waals surface area contributed by atoms with Crippen molar-refractivity contribution in [2.45, 2.75) is 19.5 Å². The Labute approximate surface area is 125 Å². The summed E-state index contributed by atoms with van der Waals surface area (Å²) in [5.74, 6) is 0.908. The maximum absolute atomic E-state index is 5.95. The number of rotatable bonds is 8. The van der Waals surface area contributed by atoms with E-state index in [1.54, 1.807) is 14.2 Å². The molecule has 1 unspecified atom stereocenters. The average Bonchev–Trinajstić information content (AvgIpc) is 2.86. The summed E-state index contributed by atoms with van der Waals surface area (Å²) in [6.07, 6.45) is 1.99. The molecule has 6 nitrogen and oxygen atoms in total. The highest BCUT2D eigenvalue weighted by atomic mass is 16.5. The molecule has 0 aliphatic carbocycles. The van der Waals surface area contributed by atoms with Crippen LogP contribution in [0.15, 0.2) is 24.4 Å². The summed E-state index contributed by atoms with van der Waals surface area (Å²) < 4.78 is 12.5. The number of pyridine rings is 1. The maximum atomic E-state index is 5.95. The number of methoxy groups -OCH3 is 2. The highest BCUT2D eigenvalue weighted by molar-refractivity contribution is 5.56. The zero-order chi connectivity index (χ0) is 15.2. The molecule has 0 aliphatic heterocycles. The summed E-state index contributed by atoms with van der Waals surface area (Å²) in [5.41, 5.74) is 7.86. The molecule has 21 heavy (non-hydrogen) atoms. The van der Waals surface area contributed by atoms with E-state index >= 15 is 0 Å². The van der Waals surface area contributed by atoms with E-state index in [1.165, 1.54) is 0 Å². The van der Waals surface area contributed by atoms with Crippen LogP contribution >= 0.6 is 0 Å². The molecule has 0 saturated carbocycles. The molecular formula is C15H24N4O2. The second-order valence-corrected chi connectivity index (χ2v) is 5.01. The van der Waals surface area contributed by atoms with E-state index < -0.39 is 0 Å². The lowest BCUT2D eigenvalue weighted by molar-refractivity contribution is 0.170. The normalized spacial score (nSPS) is 12.8. The van der Waals surface area contributed by atoms with E-state index in [0.29, 0.717) is 19.8 Å². The zero-order valence-corrected chi connectivity index (χ0v) is 13.0. The van der Waals surface area contributed by atoms with Crippen LogP contribution in [-0.4, -0.2) is 49.4 Å². The Morgan fingerprint density at radius 3 is 2.81 bits per heavy atom. The molecule has 2 aromatic heterocycles. The van der Waals surface area contributed by atoms with Crippen LogP contribution in [0.4, 0.5) is 5.82 Å². The molecule has 0 amide bonds. The van der Waals surface area contributed by atoms with Crippen molar-refractivity contribution in [2.75, 3.05) is 38.9 Å². The standard InChI is InChI=1S/C15H24N4O2/c1-12(11-21-3)18(8-9-20-2)15-13(10-16)19-7-5-4-6-14(19)17-15/h4-7,12H,8-11,16H2,1-3H3. The van der Waals surface area contributed by atoms with Crippen molar-refractivity contribution in [1.29, 1.82) is 0 Å². The lowest BCUT2D eigenvalue weighted by Gasteiger charge is -2.29. The molecule has 2 aromatic rings. The van der Waals surface area contributed by atoms with Crippen molar-refractivity contribution < 1.29 is 9.47 Å². The molecule has 0 aromatic carbocycles. The molecule has 6 heteroatoms. The minimum absolute atomic E-state index is 0.195. The lowest BCUT2D eigenvalue weighted by Crippen LogP contribution is -2.39. The second kappa shape index (κ2) is 7.40. The third kappa shape index (κ3) is 3.34. The zero-order valence-electron chi connectivity index (χ0n) is 13.0. The van der Waals surface area contributed by atoms with Gasteiger partial charge in [-0.1, -0.05) is 6.07 Å². The molecule has 0 spiro atoms. The first-order valence-electron chi connectivity index (χ1n) is 7.13. The van der Waals surface area contributed by atoms with Crippen LogP contribution in [-0.2, 0) is 16.0 Å². The van der Waals surface area contributed by atoms with Gasteiger partial charge in [-0.15, -0.1) is 0 Å². The monoisotopic (exact) mass is 292 g/mol. The summed E-state index contributed by atoms with van der Waals surface area (Å²) in [6.45, 7) is 4.55. The van der Waals surface area contributed by atoms with Gasteiger partial charge < -0.3 is 24.5 Å². The predicted octanol–water partition coefficient (Wildman–Crippen LogP) is 1.28. The van der Waals surface area contributed by atoms with E-state index in [-0.39, 0.29) is 6.04 Å². The van der Waals surface area contributed by atoms with E-state index in [4.69, 9.17) is 20.2 Å².